The molecule has 0 saturated carbocycles. The van der Waals surface area contributed by atoms with E-state index >= 15 is 0 Å². The highest BCUT2D eigenvalue weighted by Crippen LogP contribution is 2.49. The number of carbonyl (C=O) groups is 2. The number of amides is 2. The molecule has 140 valence electrons. The smallest absolute Gasteiger partial charge is 0.335 e. The summed E-state index contributed by atoms with van der Waals surface area (Å²) >= 11 is 0. The first-order valence-corrected chi connectivity index (χ1v) is 8.82. The van der Waals surface area contributed by atoms with E-state index in [0.29, 0.717) is 30.2 Å². The fourth-order valence-corrected chi connectivity index (χ4v) is 3.80. The predicted molar refractivity (Wildman–Crippen MR) is 98.4 cm³/mol. The highest BCUT2D eigenvalue weighted by Gasteiger charge is 2.50. The Bertz CT molecular complexity index is 928. The van der Waals surface area contributed by atoms with Crippen molar-refractivity contribution in [2.75, 3.05) is 11.5 Å². The van der Waals surface area contributed by atoms with Crippen LogP contribution >= 0.6 is 0 Å². The van der Waals surface area contributed by atoms with Gasteiger partial charge in [-0.25, -0.2) is 9.59 Å². The highest BCUT2D eigenvalue weighted by molar-refractivity contribution is 5.97. The van der Waals surface area contributed by atoms with Crippen LogP contribution in [-0.4, -0.2) is 29.4 Å². The number of anilines is 1. The third-order valence-electron chi connectivity index (χ3n) is 4.91. The molecule has 1 unspecified atom stereocenters. The Labute approximate surface area is 156 Å². The first-order valence-electron chi connectivity index (χ1n) is 8.82. The number of urea groups is 1. The minimum absolute atomic E-state index is 0.109. The number of rotatable bonds is 4. The van der Waals surface area contributed by atoms with Crippen LogP contribution in [0.15, 0.2) is 42.5 Å². The van der Waals surface area contributed by atoms with Crippen molar-refractivity contribution in [3.63, 3.8) is 0 Å². The summed E-state index contributed by atoms with van der Waals surface area (Å²) in [5, 5.41) is 12.3. The number of carboxylic acids is 1. The number of hydrogen-bond donors (Lipinski definition) is 2. The lowest BCUT2D eigenvalue weighted by atomic mass is 9.89. The van der Waals surface area contributed by atoms with Gasteiger partial charge in [0.1, 0.15) is 0 Å². The van der Waals surface area contributed by atoms with Gasteiger partial charge in [-0.3, -0.25) is 4.90 Å². The van der Waals surface area contributed by atoms with Crippen LogP contribution in [0, 0.1) is 0 Å². The SMILES string of the molecule is CCOc1cccc2c1O[C@]1(C)CC2NC(=O)N1c1cccc(C(=O)O)c1. The molecule has 2 atom stereocenters. The van der Waals surface area contributed by atoms with Crippen LogP contribution in [0.3, 0.4) is 0 Å². The van der Waals surface area contributed by atoms with Crippen molar-refractivity contribution in [3.8, 4) is 11.5 Å². The predicted octanol–water partition coefficient (Wildman–Crippen LogP) is 3.55. The number of fused-ring (bicyclic) bond motifs is 4. The van der Waals surface area contributed by atoms with Gasteiger partial charge in [-0.2, -0.15) is 0 Å². The van der Waals surface area contributed by atoms with E-state index in [1.165, 1.54) is 17.0 Å². The van der Waals surface area contributed by atoms with Crippen molar-refractivity contribution < 1.29 is 24.2 Å². The molecule has 1 saturated heterocycles. The van der Waals surface area contributed by atoms with Gasteiger partial charge in [0.2, 0.25) is 0 Å². The van der Waals surface area contributed by atoms with Gasteiger partial charge in [0.15, 0.2) is 17.2 Å². The lowest BCUT2D eigenvalue weighted by Crippen LogP contribution is -2.65. The van der Waals surface area contributed by atoms with Crippen molar-refractivity contribution >= 4 is 17.7 Å². The molecule has 2 aliphatic heterocycles. The fourth-order valence-electron chi connectivity index (χ4n) is 3.80. The normalized spacial score (nSPS) is 23.1. The summed E-state index contributed by atoms with van der Waals surface area (Å²) in [7, 11) is 0. The van der Waals surface area contributed by atoms with E-state index in [2.05, 4.69) is 5.32 Å². The van der Waals surface area contributed by atoms with E-state index in [1.807, 2.05) is 32.0 Å². The molecule has 2 amide bonds. The number of carboxylic acid groups (broad SMARTS) is 1. The summed E-state index contributed by atoms with van der Waals surface area (Å²) in [6.45, 7) is 4.23. The summed E-state index contributed by atoms with van der Waals surface area (Å²) in [5.74, 6) is 0.185. The molecule has 2 aromatic rings. The minimum atomic E-state index is -1.05. The standard InChI is InChI=1S/C20H20N2O5/c1-3-26-16-9-5-8-14-15-11-20(2,27-17(14)16)22(19(25)21-15)13-7-4-6-12(10-13)18(23)24/h4-10,15H,3,11H2,1-2H3,(H,21,25)(H,23,24)/t15?,20-/m1/s1. The number of para-hydroxylation sites is 1. The maximum absolute atomic E-state index is 12.9. The summed E-state index contributed by atoms with van der Waals surface area (Å²) < 4.78 is 12.0. The highest BCUT2D eigenvalue weighted by atomic mass is 16.5. The van der Waals surface area contributed by atoms with Crippen LogP contribution in [0.5, 0.6) is 11.5 Å². The Balaban J connectivity index is 1.79. The molecule has 0 radical (unpaired) electrons. The zero-order valence-corrected chi connectivity index (χ0v) is 15.1. The molecule has 2 bridgehead atoms. The van der Waals surface area contributed by atoms with E-state index in [0.717, 1.165) is 5.56 Å². The Morgan fingerprint density at radius 2 is 2.15 bits per heavy atom. The maximum atomic E-state index is 12.9. The Hall–Kier alpha value is -3.22. The molecule has 1 fully saturated rings. The molecule has 2 aromatic carbocycles. The van der Waals surface area contributed by atoms with Crippen LogP contribution in [0.4, 0.5) is 10.5 Å². The van der Waals surface area contributed by atoms with Gasteiger partial charge in [-0.15, -0.1) is 0 Å². The molecule has 2 aliphatic rings. The quantitative estimate of drug-likeness (QED) is 0.862. The molecule has 2 heterocycles. The van der Waals surface area contributed by atoms with Crippen LogP contribution in [0.2, 0.25) is 0 Å². The van der Waals surface area contributed by atoms with Gasteiger partial charge in [-0.1, -0.05) is 18.2 Å². The Kier molecular flexibility index (Phi) is 3.95. The maximum Gasteiger partial charge on any atom is 0.335 e. The summed E-state index contributed by atoms with van der Waals surface area (Å²) in [6, 6.07) is 11.4. The van der Waals surface area contributed by atoms with Gasteiger partial charge in [0.05, 0.1) is 23.9 Å². The van der Waals surface area contributed by atoms with Crippen molar-refractivity contribution in [2.24, 2.45) is 0 Å². The van der Waals surface area contributed by atoms with Crippen molar-refractivity contribution in [1.29, 1.82) is 0 Å². The molecular weight excluding hydrogens is 348 g/mol. The van der Waals surface area contributed by atoms with Crippen molar-refractivity contribution in [1.82, 2.24) is 5.32 Å². The lowest BCUT2D eigenvalue weighted by molar-refractivity contribution is 0.0342. The molecule has 0 aromatic heterocycles. The average Bonchev–Trinajstić information content (AvgIpc) is 2.62. The summed E-state index contributed by atoms with van der Waals surface area (Å²) in [4.78, 5) is 25.7. The molecule has 27 heavy (non-hydrogen) atoms. The van der Waals surface area contributed by atoms with E-state index in [1.54, 1.807) is 12.1 Å². The average molecular weight is 368 g/mol. The Morgan fingerprint density at radius 3 is 2.89 bits per heavy atom. The molecule has 0 spiro atoms. The summed E-state index contributed by atoms with van der Waals surface area (Å²) in [6.07, 6.45) is 0.526. The van der Waals surface area contributed by atoms with E-state index < -0.39 is 11.7 Å². The van der Waals surface area contributed by atoms with Gasteiger partial charge in [0, 0.05) is 12.0 Å². The van der Waals surface area contributed by atoms with Crippen LogP contribution in [0.25, 0.3) is 0 Å². The molecule has 4 rings (SSSR count). The summed E-state index contributed by atoms with van der Waals surface area (Å²) in [5.41, 5.74) is 0.485. The minimum Gasteiger partial charge on any atom is -0.490 e. The van der Waals surface area contributed by atoms with Crippen LogP contribution < -0.4 is 19.7 Å². The van der Waals surface area contributed by atoms with Gasteiger partial charge >= 0.3 is 12.0 Å². The second-order valence-electron chi connectivity index (χ2n) is 6.78. The number of aromatic carboxylic acids is 1. The van der Waals surface area contributed by atoms with Crippen LogP contribution in [-0.2, 0) is 0 Å². The lowest BCUT2D eigenvalue weighted by Gasteiger charge is -2.50. The molecule has 7 nitrogen and oxygen atoms in total. The number of benzene rings is 2. The zero-order valence-electron chi connectivity index (χ0n) is 15.1. The van der Waals surface area contributed by atoms with E-state index in [4.69, 9.17) is 9.47 Å². The topological polar surface area (TPSA) is 88.1 Å². The second-order valence-corrected chi connectivity index (χ2v) is 6.78. The first kappa shape index (κ1) is 17.2. The molecular formula is C20H20N2O5. The Morgan fingerprint density at radius 1 is 1.37 bits per heavy atom. The van der Waals surface area contributed by atoms with Crippen LogP contribution in [0.1, 0.15) is 42.2 Å². The molecule has 7 heteroatoms. The first-order chi connectivity index (χ1) is 12.9. The third-order valence-corrected chi connectivity index (χ3v) is 4.91. The number of carbonyl (C=O) groups excluding carboxylic acids is 1. The van der Waals surface area contributed by atoms with E-state index in [9.17, 15) is 14.7 Å². The van der Waals surface area contributed by atoms with Gasteiger partial charge in [-0.05, 0) is 38.1 Å². The number of nitrogens with one attached hydrogen (secondary N) is 1. The number of hydrogen-bond acceptors (Lipinski definition) is 4. The second kappa shape index (κ2) is 6.19. The van der Waals surface area contributed by atoms with Crippen molar-refractivity contribution in [3.05, 3.63) is 53.6 Å². The molecule has 0 aliphatic carbocycles. The van der Waals surface area contributed by atoms with E-state index in [-0.39, 0.29) is 17.6 Å². The number of nitrogens with zero attached hydrogens (tertiary/aromatic N) is 1. The fraction of sp³-hybridized carbons (Fsp3) is 0.300. The van der Waals surface area contributed by atoms with Gasteiger partial charge in [0.25, 0.3) is 0 Å². The molecule has 2 N–H and O–H groups in total. The van der Waals surface area contributed by atoms with Crippen molar-refractivity contribution in [2.45, 2.75) is 32.0 Å². The van der Waals surface area contributed by atoms with Gasteiger partial charge < -0.3 is 19.9 Å². The third kappa shape index (κ3) is 2.75. The monoisotopic (exact) mass is 368 g/mol. The zero-order chi connectivity index (χ0) is 19.2. The number of ether oxygens (including phenoxy) is 2. The largest absolute Gasteiger partial charge is 0.490 e.